The Morgan fingerprint density at radius 2 is 1.72 bits per heavy atom. The molecule has 47 heavy (non-hydrogen) atoms. The summed E-state index contributed by atoms with van der Waals surface area (Å²) in [5.74, 6) is -0.918. The van der Waals surface area contributed by atoms with Crippen molar-refractivity contribution in [1.29, 1.82) is 0 Å². The average molecular weight is 672 g/mol. The van der Waals surface area contributed by atoms with Gasteiger partial charge in [0, 0.05) is 30.4 Å². The van der Waals surface area contributed by atoms with Crippen LogP contribution >= 0.6 is 0 Å². The number of H-pyrrole nitrogens is 1. The zero-order valence-electron chi connectivity index (χ0n) is 27.3. The van der Waals surface area contributed by atoms with Crippen molar-refractivity contribution in [2.45, 2.75) is 137 Å². The van der Waals surface area contributed by atoms with E-state index >= 15 is 0 Å². The summed E-state index contributed by atoms with van der Waals surface area (Å²) in [5.41, 5.74) is 24.1. The van der Waals surface area contributed by atoms with Crippen LogP contribution in [0.2, 0.25) is 0 Å². The first-order valence-corrected chi connectivity index (χ1v) is 16.1. The van der Waals surface area contributed by atoms with Gasteiger partial charge in [0.25, 0.3) is 0 Å². The van der Waals surface area contributed by atoms with E-state index in [1.807, 2.05) is 0 Å². The molecule has 15 N–H and O–H groups in total. The SMILES string of the molecule is CN[C@@H]1[C@@H](O)[C@@H](O[C@@H]2[C@@H](O)[C@H](O[C@H]3O[C@H]([C@@H](C)NC(=O)C(Cc4cnc[nH]4)NC(=O)C(C)N)CC[C@H]3N)[C@@H](N)C[C@H]2N)OC[C@]1(C)O. The van der Waals surface area contributed by atoms with E-state index in [-0.39, 0.29) is 19.4 Å². The third-order valence-corrected chi connectivity index (χ3v) is 9.18. The number of aromatic nitrogens is 2. The highest BCUT2D eigenvalue weighted by Gasteiger charge is 2.51. The highest BCUT2D eigenvalue weighted by Crippen LogP contribution is 2.32. The minimum atomic E-state index is -1.35. The van der Waals surface area contributed by atoms with E-state index in [1.54, 1.807) is 20.2 Å². The van der Waals surface area contributed by atoms with Crippen molar-refractivity contribution in [3.8, 4) is 0 Å². The van der Waals surface area contributed by atoms with Crippen LogP contribution < -0.4 is 38.9 Å². The van der Waals surface area contributed by atoms with Gasteiger partial charge >= 0.3 is 0 Å². The number of nitrogens with one attached hydrogen (secondary N) is 4. The molecule has 2 aliphatic heterocycles. The summed E-state index contributed by atoms with van der Waals surface area (Å²) in [6.45, 7) is 4.70. The summed E-state index contributed by atoms with van der Waals surface area (Å²) in [4.78, 5) is 32.6. The van der Waals surface area contributed by atoms with E-state index in [1.165, 1.54) is 20.2 Å². The second-order valence-corrected chi connectivity index (χ2v) is 13.3. The molecule has 0 bridgehead atoms. The van der Waals surface area contributed by atoms with Crippen molar-refractivity contribution in [2.24, 2.45) is 22.9 Å². The molecule has 2 amide bonds. The third-order valence-electron chi connectivity index (χ3n) is 9.18. The van der Waals surface area contributed by atoms with Gasteiger partial charge in [-0.25, -0.2) is 4.98 Å². The molecule has 4 rings (SSSR count). The monoisotopic (exact) mass is 671 g/mol. The number of aromatic amines is 1. The molecule has 18 nitrogen and oxygen atoms in total. The number of carbonyl (C=O) groups excluding carboxylic acids is 2. The number of carbonyl (C=O) groups is 2. The number of likely N-dealkylation sites (N-methyl/N-ethyl adjacent to an activating group) is 1. The van der Waals surface area contributed by atoms with Gasteiger partial charge in [0.15, 0.2) is 12.6 Å². The largest absolute Gasteiger partial charge is 0.388 e. The van der Waals surface area contributed by atoms with Gasteiger partial charge in [-0.15, -0.1) is 0 Å². The van der Waals surface area contributed by atoms with Gasteiger partial charge in [0.05, 0.1) is 43.2 Å². The molecule has 1 aromatic rings. The van der Waals surface area contributed by atoms with Crippen LogP contribution in [0, 0.1) is 0 Å². The number of imidazole rings is 1. The van der Waals surface area contributed by atoms with Crippen LogP contribution in [0.15, 0.2) is 12.5 Å². The second-order valence-electron chi connectivity index (χ2n) is 13.3. The maximum absolute atomic E-state index is 13.3. The molecule has 2 saturated heterocycles. The van der Waals surface area contributed by atoms with Crippen molar-refractivity contribution < 1.29 is 43.9 Å². The van der Waals surface area contributed by atoms with Crippen LogP contribution in [0.1, 0.15) is 45.7 Å². The average Bonchev–Trinajstić information content (AvgIpc) is 3.52. The molecule has 15 atom stereocenters. The first-order valence-electron chi connectivity index (χ1n) is 16.1. The van der Waals surface area contributed by atoms with Gasteiger partial charge in [-0.05, 0) is 47.1 Å². The van der Waals surface area contributed by atoms with Crippen LogP contribution in [-0.2, 0) is 35.0 Å². The fourth-order valence-corrected chi connectivity index (χ4v) is 6.40. The minimum Gasteiger partial charge on any atom is -0.388 e. The summed E-state index contributed by atoms with van der Waals surface area (Å²) >= 11 is 0. The summed E-state index contributed by atoms with van der Waals surface area (Å²) < 4.78 is 24.0. The third kappa shape index (κ3) is 9.02. The van der Waals surface area contributed by atoms with Crippen LogP contribution in [0.4, 0.5) is 0 Å². The molecule has 1 aliphatic carbocycles. The van der Waals surface area contributed by atoms with Gasteiger partial charge < -0.3 is 78.1 Å². The number of ether oxygens (including phenoxy) is 4. The predicted octanol–water partition coefficient (Wildman–Crippen LogP) is -4.63. The lowest BCUT2D eigenvalue weighted by Gasteiger charge is -2.48. The van der Waals surface area contributed by atoms with Crippen molar-refractivity contribution in [1.82, 2.24) is 25.9 Å². The van der Waals surface area contributed by atoms with Gasteiger partial charge in [-0.1, -0.05) is 0 Å². The molecule has 268 valence electrons. The Hall–Kier alpha value is -2.33. The van der Waals surface area contributed by atoms with E-state index < -0.39 is 103 Å². The maximum atomic E-state index is 13.3. The van der Waals surface area contributed by atoms with E-state index in [9.17, 15) is 24.9 Å². The lowest BCUT2D eigenvalue weighted by Crippen LogP contribution is -2.68. The Kier molecular flexibility index (Phi) is 12.7. The number of aliphatic hydroxyl groups excluding tert-OH is 2. The summed E-state index contributed by atoms with van der Waals surface area (Å²) in [7, 11) is 1.60. The van der Waals surface area contributed by atoms with Crippen molar-refractivity contribution in [3.05, 3.63) is 18.2 Å². The molecule has 0 radical (unpaired) electrons. The first kappa shape index (κ1) is 37.5. The Balaban J connectivity index is 1.39. The van der Waals surface area contributed by atoms with Crippen LogP contribution in [0.25, 0.3) is 0 Å². The Labute approximate surface area is 274 Å². The van der Waals surface area contributed by atoms with E-state index in [0.29, 0.717) is 18.5 Å². The zero-order valence-corrected chi connectivity index (χ0v) is 27.3. The van der Waals surface area contributed by atoms with E-state index in [4.69, 9.17) is 41.9 Å². The number of amides is 2. The number of nitrogens with two attached hydrogens (primary N) is 4. The molecule has 1 saturated carbocycles. The zero-order chi connectivity index (χ0) is 34.6. The van der Waals surface area contributed by atoms with E-state index in [0.717, 1.165) is 0 Å². The molecule has 0 aromatic carbocycles. The normalized spacial score (nSPS) is 39.9. The number of hydrogen-bond donors (Lipinski definition) is 11. The van der Waals surface area contributed by atoms with Gasteiger partial charge in [0.1, 0.15) is 36.1 Å². The Bertz CT molecular complexity index is 1160. The Morgan fingerprint density at radius 3 is 2.32 bits per heavy atom. The summed E-state index contributed by atoms with van der Waals surface area (Å²) in [6, 6.07) is -5.00. The van der Waals surface area contributed by atoms with Crippen molar-refractivity contribution in [2.75, 3.05) is 13.7 Å². The highest BCUT2D eigenvalue weighted by molar-refractivity contribution is 5.89. The fraction of sp³-hybridized carbons (Fsp3) is 0.828. The summed E-state index contributed by atoms with van der Waals surface area (Å²) in [6.07, 6.45) is -2.94. The van der Waals surface area contributed by atoms with Gasteiger partial charge in [0.2, 0.25) is 11.8 Å². The molecule has 3 fully saturated rings. The molecular formula is C29H53N9O9. The second kappa shape index (κ2) is 15.9. The molecule has 1 aromatic heterocycles. The molecular weight excluding hydrogens is 618 g/mol. The van der Waals surface area contributed by atoms with E-state index in [2.05, 4.69) is 25.9 Å². The lowest BCUT2D eigenvalue weighted by atomic mass is 9.84. The maximum Gasteiger partial charge on any atom is 0.243 e. The quantitative estimate of drug-likeness (QED) is 0.0996. The molecule has 0 spiro atoms. The lowest BCUT2D eigenvalue weighted by molar-refractivity contribution is -0.307. The minimum absolute atomic E-state index is 0.124. The summed E-state index contributed by atoms with van der Waals surface area (Å²) in [5, 5.41) is 41.3. The number of aliphatic hydroxyl groups is 3. The smallest absolute Gasteiger partial charge is 0.243 e. The first-order chi connectivity index (χ1) is 22.1. The van der Waals surface area contributed by atoms with Crippen molar-refractivity contribution in [3.63, 3.8) is 0 Å². The fourth-order valence-electron chi connectivity index (χ4n) is 6.40. The molecule has 3 heterocycles. The van der Waals surface area contributed by atoms with Gasteiger partial charge in [-0.2, -0.15) is 0 Å². The molecule has 3 aliphatic rings. The number of rotatable bonds is 12. The standard InChI is InChI=1S/C29H53N9O9/c1-12(30)25(41)38-18(7-14-9-35-11-36-14)26(42)37-13(2)19-6-5-15(31)27(45-19)46-22-16(32)8-17(33)23(20(22)39)47-28-21(40)24(34-4)29(3,43)10-44-28/h9,11-13,15-24,27-28,34,39-40,43H,5-8,10,30-33H2,1-4H3,(H,35,36)(H,37,42)(H,38,41)/t12?,13-,15-,16+,17-,18?,19+,20+,21-,22-,23+,24-,27-,28-,29+/m1/s1. The molecule has 2 unspecified atom stereocenters. The van der Waals surface area contributed by atoms with Gasteiger partial charge in [-0.3, -0.25) is 9.59 Å². The highest BCUT2D eigenvalue weighted by atomic mass is 16.7. The number of hydrogen-bond acceptors (Lipinski definition) is 15. The van der Waals surface area contributed by atoms with Crippen LogP contribution in [-0.4, -0.2) is 142 Å². The van der Waals surface area contributed by atoms with Crippen molar-refractivity contribution >= 4 is 11.8 Å². The molecule has 18 heteroatoms. The van der Waals surface area contributed by atoms with Crippen LogP contribution in [0.3, 0.4) is 0 Å². The Morgan fingerprint density at radius 1 is 1.06 bits per heavy atom. The van der Waals surface area contributed by atoms with Crippen LogP contribution in [0.5, 0.6) is 0 Å². The number of nitrogens with zero attached hydrogens (tertiary/aromatic N) is 1. The predicted molar refractivity (Wildman–Crippen MR) is 167 cm³/mol. The topological polar surface area (TPSA) is 301 Å².